The Bertz CT molecular complexity index is 1560. The van der Waals surface area contributed by atoms with Gasteiger partial charge in [-0.05, 0) is 48.8 Å². The van der Waals surface area contributed by atoms with Gasteiger partial charge in [-0.2, -0.15) is 0 Å². The Morgan fingerprint density at radius 2 is 1.20 bits per heavy atom. The van der Waals surface area contributed by atoms with Crippen LogP contribution in [-0.2, 0) is 43.6 Å². The molecular weight excluding hydrogens is 702 g/mol. The van der Waals surface area contributed by atoms with Crippen molar-refractivity contribution >= 4 is 30.0 Å². The highest BCUT2D eigenvalue weighted by molar-refractivity contribution is 5.87. The van der Waals surface area contributed by atoms with Crippen molar-refractivity contribution in [1.82, 2.24) is 20.9 Å². The van der Waals surface area contributed by atoms with E-state index in [2.05, 4.69) is 20.9 Å². The predicted octanol–water partition coefficient (Wildman–Crippen LogP) is 4.76. The summed E-state index contributed by atoms with van der Waals surface area (Å²) < 4.78 is 16.7. The first kappa shape index (κ1) is 43.8. The number of unbranched alkanes of at least 4 members (excludes halogenated alkanes) is 4. The number of nitrogens with two attached hydrogens (primary N) is 2. The molecule has 0 saturated heterocycles. The minimum absolute atomic E-state index is 0.0137. The Hall–Kier alpha value is -5.63. The lowest BCUT2D eigenvalue weighted by molar-refractivity contribution is -0.130. The molecule has 0 spiro atoms. The van der Waals surface area contributed by atoms with Crippen LogP contribution in [0.2, 0.25) is 0 Å². The van der Waals surface area contributed by atoms with Crippen LogP contribution >= 0.6 is 0 Å². The fourth-order valence-corrected chi connectivity index (χ4v) is 5.38. The van der Waals surface area contributed by atoms with Crippen LogP contribution in [0.15, 0.2) is 96.0 Å². The molecule has 14 nitrogen and oxygen atoms in total. The maximum Gasteiger partial charge on any atom is 0.410 e. The number of carbonyl (C=O) groups is 4. The van der Waals surface area contributed by atoms with Gasteiger partial charge in [0.15, 0.2) is 5.96 Å². The van der Waals surface area contributed by atoms with Gasteiger partial charge >= 0.3 is 12.2 Å². The van der Waals surface area contributed by atoms with E-state index in [0.29, 0.717) is 65.0 Å². The Kier molecular flexibility index (Phi) is 21.5. The van der Waals surface area contributed by atoms with E-state index in [9.17, 15) is 19.2 Å². The fourth-order valence-electron chi connectivity index (χ4n) is 5.38. The normalized spacial score (nSPS) is 11.1. The van der Waals surface area contributed by atoms with Gasteiger partial charge in [0.2, 0.25) is 11.8 Å². The molecule has 0 aliphatic heterocycles. The van der Waals surface area contributed by atoms with Gasteiger partial charge < -0.3 is 46.5 Å². The average Bonchev–Trinajstić information content (AvgIpc) is 3.20. The Morgan fingerprint density at radius 3 is 1.84 bits per heavy atom. The zero-order chi connectivity index (χ0) is 39.4. The standard InChI is InChI=1S/C41H57N7O7/c42-39(43)45-25-13-2-1-12-23-37(49)47-36(32-53-29-33-17-6-3-7-18-33)38(50)44-24-14-15-27-48(41(52)55-31-35-21-10-5-11-22-35)28-16-26-46-40(51)54-30-34-19-8-4-9-20-34/h3-11,17-22,36H,1-2,12-16,23-32H2,(H,44,50)(H,46,51)(H,47,49)(H4,42,43,45)/t36-/m0/s1. The van der Waals surface area contributed by atoms with Crippen LogP contribution in [0.1, 0.15) is 68.1 Å². The number of nitrogens with one attached hydrogen (secondary N) is 3. The highest BCUT2D eigenvalue weighted by Gasteiger charge is 2.21. The summed E-state index contributed by atoms with van der Waals surface area (Å²) in [5, 5.41) is 8.47. The number of aliphatic imine (C=N–C) groups is 1. The third-order valence-corrected chi connectivity index (χ3v) is 8.36. The quantitative estimate of drug-likeness (QED) is 0.0435. The van der Waals surface area contributed by atoms with E-state index in [-0.39, 0.29) is 44.0 Å². The van der Waals surface area contributed by atoms with Crippen molar-refractivity contribution in [3.05, 3.63) is 108 Å². The van der Waals surface area contributed by atoms with Gasteiger partial charge in [0.25, 0.3) is 0 Å². The number of rotatable bonds is 26. The van der Waals surface area contributed by atoms with Crippen LogP contribution in [0.25, 0.3) is 0 Å². The van der Waals surface area contributed by atoms with Crippen molar-refractivity contribution in [2.24, 2.45) is 16.5 Å². The van der Waals surface area contributed by atoms with Crippen molar-refractivity contribution < 1.29 is 33.4 Å². The second-order valence-corrected chi connectivity index (χ2v) is 13.0. The van der Waals surface area contributed by atoms with Crippen molar-refractivity contribution in [2.45, 2.75) is 77.2 Å². The Morgan fingerprint density at radius 1 is 0.636 bits per heavy atom. The van der Waals surface area contributed by atoms with Gasteiger partial charge in [-0.3, -0.25) is 14.6 Å². The number of hydrogen-bond donors (Lipinski definition) is 5. The van der Waals surface area contributed by atoms with Crippen molar-refractivity contribution in [1.29, 1.82) is 0 Å². The minimum atomic E-state index is -0.866. The minimum Gasteiger partial charge on any atom is -0.445 e. The Labute approximate surface area is 324 Å². The molecule has 1 atom stereocenters. The van der Waals surface area contributed by atoms with Gasteiger partial charge in [-0.15, -0.1) is 0 Å². The highest BCUT2D eigenvalue weighted by atomic mass is 16.6. The highest BCUT2D eigenvalue weighted by Crippen LogP contribution is 2.08. The molecule has 0 bridgehead atoms. The molecule has 3 aromatic carbocycles. The van der Waals surface area contributed by atoms with Crippen molar-refractivity contribution in [3.63, 3.8) is 0 Å². The molecule has 0 aliphatic carbocycles. The van der Waals surface area contributed by atoms with Crippen LogP contribution in [0.5, 0.6) is 0 Å². The van der Waals surface area contributed by atoms with Crippen molar-refractivity contribution in [3.8, 4) is 0 Å². The third-order valence-electron chi connectivity index (χ3n) is 8.36. The summed E-state index contributed by atoms with van der Waals surface area (Å²) in [5.41, 5.74) is 13.4. The zero-order valence-corrected chi connectivity index (χ0v) is 31.7. The number of guanidine groups is 1. The monoisotopic (exact) mass is 759 g/mol. The van der Waals surface area contributed by atoms with Crippen LogP contribution in [0, 0.1) is 0 Å². The van der Waals surface area contributed by atoms with Crippen molar-refractivity contribution in [2.75, 3.05) is 39.3 Å². The SMILES string of the molecule is NC(N)=NCCCCCCC(=O)N[C@@H](COCc1ccccc1)C(=O)NCCCCN(CCCNC(=O)OCc1ccccc1)C(=O)OCc1ccccc1. The third kappa shape index (κ3) is 20.4. The van der Waals surface area contributed by atoms with E-state index in [0.717, 1.165) is 36.0 Å². The zero-order valence-electron chi connectivity index (χ0n) is 31.7. The second kappa shape index (κ2) is 27.0. The molecule has 3 aromatic rings. The molecule has 7 N–H and O–H groups in total. The van der Waals surface area contributed by atoms with Crippen LogP contribution < -0.4 is 27.4 Å². The number of ether oxygens (including phenoxy) is 3. The number of alkyl carbamates (subject to hydrolysis) is 1. The summed E-state index contributed by atoms with van der Waals surface area (Å²) >= 11 is 0. The van der Waals surface area contributed by atoms with Crippen LogP contribution in [-0.4, -0.2) is 80.2 Å². The molecule has 55 heavy (non-hydrogen) atoms. The van der Waals surface area contributed by atoms with E-state index >= 15 is 0 Å². The maximum atomic E-state index is 13.2. The summed E-state index contributed by atoms with van der Waals surface area (Å²) in [4.78, 5) is 56.9. The van der Waals surface area contributed by atoms with Gasteiger partial charge in [-0.1, -0.05) is 104 Å². The molecule has 0 fully saturated rings. The fraction of sp³-hybridized carbons (Fsp3) is 0.439. The van der Waals surface area contributed by atoms with Gasteiger partial charge in [0, 0.05) is 39.1 Å². The van der Waals surface area contributed by atoms with E-state index in [1.807, 2.05) is 91.0 Å². The number of hydrogen-bond acceptors (Lipinski definition) is 8. The molecule has 3 rings (SSSR count). The van der Waals surface area contributed by atoms with E-state index in [1.54, 1.807) is 4.90 Å². The molecule has 4 amide bonds. The first-order chi connectivity index (χ1) is 26.8. The van der Waals surface area contributed by atoms with Crippen LogP contribution in [0.4, 0.5) is 9.59 Å². The Balaban J connectivity index is 1.44. The molecule has 0 saturated carbocycles. The largest absolute Gasteiger partial charge is 0.445 e. The lowest BCUT2D eigenvalue weighted by atomic mass is 10.1. The van der Waals surface area contributed by atoms with E-state index < -0.39 is 18.2 Å². The van der Waals surface area contributed by atoms with E-state index in [1.165, 1.54) is 0 Å². The van der Waals surface area contributed by atoms with Gasteiger partial charge in [0.1, 0.15) is 19.3 Å². The topological polar surface area (TPSA) is 200 Å². The first-order valence-corrected chi connectivity index (χ1v) is 18.9. The number of benzene rings is 3. The summed E-state index contributed by atoms with van der Waals surface area (Å²) in [6.07, 6.45) is 4.15. The number of carbonyl (C=O) groups excluding carboxylic acids is 4. The molecule has 0 aromatic heterocycles. The summed E-state index contributed by atoms with van der Waals surface area (Å²) in [5.74, 6) is -0.501. The number of amides is 4. The van der Waals surface area contributed by atoms with Crippen LogP contribution in [0.3, 0.4) is 0 Å². The molecule has 298 valence electrons. The molecule has 0 heterocycles. The molecule has 0 radical (unpaired) electrons. The molecule has 0 unspecified atom stereocenters. The van der Waals surface area contributed by atoms with Gasteiger partial charge in [0.05, 0.1) is 13.2 Å². The predicted molar refractivity (Wildman–Crippen MR) is 211 cm³/mol. The molecule has 14 heteroatoms. The number of nitrogens with zero attached hydrogens (tertiary/aromatic N) is 2. The lowest BCUT2D eigenvalue weighted by Gasteiger charge is -2.23. The average molecular weight is 760 g/mol. The summed E-state index contributed by atoms with van der Waals surface area (Å²) in [7, 11) is 0. The van der Waals surface area contributed by atoms with Gasteiger partial charge in [-0.25, -0.2) is 9.59 Å². The second-order valence-electron chi connectivity index (χ2n) is 13.0. The maximum absolute atomic E-state index is 13.2. The first-order valence-electron chi connectivity index (χ1n) is 18.9. The summed E-state index contributed by atoms with van der Waals surface area (Å²) in [6, 6.07) is 27.5. The lowest BCUT2D eigenvalue weighted by Crippen LogP contribution is -2.49. The molecule has 0 aliphatic rings. The molecular formula is C41H57N7O7. The van der Waals surface area contributed by atoms with E-state index in [4.69, 9.17) is 25.7 Å². The summed E-state index contributed by atoms with van der Waals surface area (Å²) in [6.45, 7) is 2.55. The smallest absolute Gasteiger partial charge is 0.410 e.